The Morgan fingerprint density at radius 1 is 0.833 bits per heavy atom. The number of nitriles is 1. The minimum atomic E-state index is -1.76. The van der Waals surface area contributed by atoms with E-state index in [-0.39, 0.29) is 0 Å². The van der Waals surface area contributed by atoms with Crippen molar-refractivity contribution in [1.29, 1.82) is 5.26 Å². The molecule has 0 saturated carbocycles. The molecular formula is C15H32NPS. The van der Waals surface area contributed by atoms with E-state index in [1.807, 2.05) is 0 Å². The van der Waals surface area contributed by atoms with Crippen LogP contribution in [0.15, 0.2) is 0 Å². The van der Waals surface area contributed by atoms with E-state index < -0.39 is 5.81 Å². The van der Waals surface area contributed by atoms with Gasteiger partial charge in [-0.05, 0) is 0 Å². The Kier molecular flexibility index (Phi) is 9.36. The van der Waals surface area contributed by atoms with Crippen LogP contribution in [-0.4, -0.2) is 24.6 Å². The molecule has 0 aliphatic rings. The van der Waals surface area contributed by atoms with Gasteiger partial charge in [0.2, 0.25) is 0 Å². The molecule has 3 heteroatoms. The summed E-state index contributed by atoms with van der Waals surface area (Å²) in [6.45, 7) is 9.20. The van der Waals surface area contributed by atoms with Gasteiger partial charge in [-0.15, -0.1) is 0 Å². The summed E-state index contributed by atoms with van der Waals surface area (Å²) in [6, 6.07) is 0. The van der Waals surface area contributed by atoms with E-state index in [2.05, 4.69) is 33.1 Å². The zero-order valence-electron chi connectivity index (χ0n) is 12.9. The number of hydrogen-bond acceptors (Lipinski definition) is 2. The molecule has 0 heterocycles. The fourth-order valence-electron chi connectivity index (χ4n) is 2.79. The van der Waals surface area contributed by atoms with Crippen LogP contribution in [-0.2, 0) is 0 Å². The first-order valence-electron chi connectivity index (χ1n) is 7.70. The molecule has 0 radical (unpaired) electrons. The van der Waals surface area contributed by atoms with Gasteiger partial charge in [-0.2, -0.15) is 0 Å². The average Bonchev–Trinajstić information content (AvgIpc) is 2.42. The molecule has 0 aromatic carbocycles. The van der Waals surface area contributed by atoms with Gasteiger partial charge in [-0.25, -0.2) is 0 Å². The number of rotatable bonds is 11. The molecule has 0 saturated heterocycles. The fraction of sp³-hybridized carbons (Fsp3) is 0.933. The van der Waals surface area contributed by atoms with Crippen LogP contribution < -0.4 is 0 Å². The van der Waals surface area contributed by atoms with E-state index in [0.29, 0.717) is 0 Å². The van der Waals surface area contributed by atoms with E-state index in [0.717, 1.165) is 0 Å². The Bertz CT molecular complexity index is 245. The summed E-state index contributed by atoms with van der Waals surface area (Å²) in [4.78, 5) is 0. The van der Waals surface area contributed by atoms with Gasteiger partial charge in [-0.1, -0.05) is 0 Å². The molecule has 0 aromatic rings. The number of thiocyanates is 1. The van der Waals surface area contributed by atoms with Gasteiger partial charge in [0.25, 0.3) is 0 Å². The van der Waals surface area contributed by atoms with E-state index in [1.165, 1.54) is 63.2 Å². The Hall–Kier alpha value is 0.270. The monoisotopic (exact) mass is 289 g/mol. The van der Waals surface area contributed by atoms with Crippen molar-refractivity contribution in [2.45, 2.75) is 66.2 Å². The molecule has 0 N–H and O–H groups in total. The van der Waals surface area contributed by atoms with Crippen molar-refractivity contribution in [3.05, 3.63) is 0 Å². The van der Waals surface area contributed by atoms with Gasteiger partial charge in [0.15, 0.2) is 0 Å². The van der Waals surface area contributed by atoms with Crippen molar-refractivity contribution in [3.8, 4) is 5.40 Å². The summed E-state index contributed by atoms with van der Waals surface area (Å²) < 4.78 is 0. The van der Waals surface area contributed by atoms with Crippen molar-refractivity contribution >= 4 is 17.2 Å². The summed E-state index contributed by atoms with van der Waals surface area (Å²) in [5.74, 6) is -1.76. The second kappa shape index (κ2) is 9.22. The van der Waals surface area contributed by atoms with Crippen molar-refractivity contribution in [3.63, 3.8) is 0 Å². The Morgan fingerprint density at radius 2 is 1.33 bits per heavy atom. The van der Waals surface area contributed by atoms with Crippen molar-refractivity contribution in [1.82, 2.24) is 0 Å². The molecular weight excluding hydrogens is 257 g/mol. The molecule has 0 bridgehead atoms. The quantitative estimate of drug-likeness (QED) is 0.261. The molecule has 0 rings (SSSR count). The van der Waals surface area contributed by atoms with Gasteiger partial charge in [0.1, 0.15) is 0 Å². The maximum atomic E-state index is 9.18. The van der Waals surface area contributed by atoms with Crippen LogP contribution in [0.4, 0.5) is 0 Å². The van der Waals surface area contributed by atoms with E-state index in [9.17, 15) is 5.26 Å². The fourth-order valence-corrected chi connectivity index (χ4v) is 9.33. The maximum absolute atomic E-state index is 9.18. The van der Waals surface area contributed by atoms with Gasteiger partial charge in [0, 0.05) is 0 Å². The van der Waals surface area contributed by atoms with Crippen molar-refractivity contribution < 1.29 is 0 Å². The van der Waals surface area contributed by atoms with Crippen LogP contribution in [0.3, 0.4) is 0 Å². The van der Waals surface area contributed by atoms with Crippen LogP contribution in [0.2, 0.25) is 0 Å². The second-order valence-corrected chi connectivity index (χ2v) is 15.6. The summed E-state index contributed by atoms with van der Waals surface area (Å²) in [6.07, 6.45) is 13.2. The predicted octanol–water partition coefficient (Wildman–Crippen LogP) is 6.09. The average molecular weight is 289 g/mol. The molecule has 18 heavy (non-hydrogen) atoms. The zero-order valence-corrected chi connectivity index (χ0v) is 14.6. The standard InChI is InChI=1S/C15H32NPS/c1-5-9-10-11-12-13-14-17(6-2,7-3,8-4)18-15-16/h5-14H2,1-4H3. The molecule has 0 aliphatic heterocycles. The topological polar surface area (TPSA) is 23.8 Å². The molecule has 0 spiro atoms. The molecule has 0 fully saturated rings. The number of unbranched alkanes of at least 4 members (excludes halogenated alkanes) is 5. The Balaban J connectivity index is 4.30. The molecule has 0 amide bonds. The molecule has 0 atom stereocenters. The predicted molar refractivity (Wildman–Crippen MR) is 90.0 cm³/mol. The van der Waals surface area contributed by atoms with Crippen LogP contribution in [0.25, 0.3) is 0 Å². The van der Waals surface area contributed by atoms with Gasteiger partial charge >= 0.3 is 119 Å². The molecule has 1 nitrogen and oxygen atoms in total. The normalized spacial score (nSPS) is 13.8. The van der Waals surface area contributed by atoms with E-state index in [1.54, 1.807) is 11.4 Å². The number of nitrogens with zero attached hydrogens (tertiary/aromatic N) is 1. The summed E-state index contributed by atoms with van der Waals surface area (Å²) in [7, 11) is 0. The Morgan fingerprint density at radius 3 is 1.78 bits per heavy atom. The van der Waals surface area contributed by atoms with Crippen molar-refractivity contribution in [2.75, 3.05) is 24.6 Å². The molecule has 0 aliphatic carbocycles. The summed E-state index contributed by atoms with van der Waals surface area (Å²) >= 11 is 1.68. The first kappa shape index (κ1) is 18.3. The third-order valence-electron chi connectivity index (χ3n) is 4.78. The molecule has 0 aromatic heterocycles. The van der Waals surface area contributed by atoms with E-state index in [4.69, 9.17) is 0 Å². The SMILES string of the molecule is CCCCCCCCP(CC)(CC)(CC)SC#N. The van der Waals surface area contributed by atoms with Crippen LogP contribution in [0.5, 0.6) is 0 Å². The zero-order chi connectivity index (χ0) is 13.9. The first-order chi connectivity index (χ1) is 8.62. The third-order valence-corrected chi connectivity index (χ3v) is 16.3. The van der Waals surface area contributed by atoms with E-state index >= 15 is 0 Å². The molecule has 0 unspecified atom stereocenters. The minimum absolute atomic E-state index is 1.24. The molecule has 108 valence electrons. The summed E-state index contributed by atoms with van der Waals surface area (Å²) in [5.41, 5.74) is 0. The second-order valence-electron chi connectivity index (χ2n) is 5.48. The van der Waals surface area contributed by atoms with Gasteiger partial charge in [0.05, 0.1) is 0 Å². The van der Waals surface area contributed by atoms with Crippen LogP contribution in [0, 0.1) is 10.7 Å². The first-order valence-corrected chi connectivity index (χ1v) is 12.1. The third kappa shape index (κ3) is 5.10. The van der Waals surface area contributed by atoms with Crippen molar-refractivity contribution in [2.24, 2.45) is 0 Å². The summed E-state index contributed by atoms with van der Waals surface area (Å²) in [5, 5.41) is 11.6. The van der Waals surface area contributed by atoms with Crippen LogP contribution >= 0.6 is 17.2 Å². The number of hydrogen-bond donors (Lipinski definition) is 0. The Labute approximate surface area is 119 Å². The van der Waals surface area contributed by atoms with Gasteiger partial charge < -0.3 is 0 Å². The van der Waals surface area contributed by atoms with Gasteiger partial charge in [-0.3, -0.25) is 0 Å². The van der Waals surface area contributed by atoms with Crippen LogP contribution in [0.1, 0.15) is 66.2 Å².